The SMILES string of the molecule is O=C(Nc1cccs1)c1ccon1. The lowest BCUT2D eigenvalue weighted by molar-refractivity contribution is 0.101. The van der Waals surface area contributed by atoms with Gasteiger partial charge in [0.1, 0.15) is 6.26 Å². The molecule has 0 spiro atoms. The molecule has 66 valence electrons. The first kappa shape index (κ1) is 8.00. The van der Waals surface area contributed by atoms with Crippen molar-refractivity contribution in [1.29, 1.82) is 0 Å². The van der Waals surface area contributed by atoms with Crippen LogP contribution in [0.5, 0.6) is 0 Å². The van der Waals surface area contributed by atoms with Crippen LogP contribution < -0.4 is 5.32 Å². The average molecular weight is 194 g/mol. The Morgan fingerprint density at radius 1 is 1.54 bits per heavy atom. The lowest BCUT2D eigenvalue weighted by Gasteiger charge is -1.96. The fraction of sp³-hybridized carbons (Fsp3) is 0. The Hall–Kier alpha value is -1.62. The van der Waals surface area contributed by atoms with Crippen molar-refractivity contribution in [3.05, 3.63) is 35.5 Å². The summed E-state index contributed by atoms with van der Waals surface area (Å²) in [4.78, 5) is 11.3. The Labute approximate surface area is 78.2 Å². The molecule has 5 heteroatoms. The van der Waals surface area contributed by atoms with E-state index in [9.17, 15) is 4.79 Å². The molecule has 0 fully saturated rings. The Morgan fingerprint density at radius 3 is 3.08 bits per heavy atom. The van der Waals surface area contributed by atoms with E-state index < -0.39 is 0 Å². The molecule has 0 aliphatic heterocycles. The summed E-state index contributed by atoms with van der Waals surface area (Å²) in [7, 11) is 0. The van der Waals surface area contributed by atoms with Crippen LogP contribution in [0.4, 0.5) is 5.00 Å². The molecule has 0 aliphatic carbocycles. The zero-order valence-electron chi connectivity index (χ0n) is 6.56. The maximum Gasteiger partial charge on any atom is 0.278 e. The topological polar surface area (TPSA) is 55.1 Å². The van der Waals surface area contributed by atoms with Crippen molar-refractivity contribution >= 4 is 22.2 Å². The lowest BCUT2D eigenvalue weighted by atomic mass is 10.4. The molecule has 0 unspecified atom stereocenters. The predicted molar refractivity (Wildman–Crippen MR) is 48.8 cm³/mol. The Kier molecular flexibility index (Phi) is 2.09. The molecular weight excluding hydrogens is 188 g/mol. The van der Waals surface area contributed by atoms with Gasteiger partial charge in [-0.25, -0.2) is 0 Å². The Morgan fingerprint density at radius 2 is 2.46 bits per heavy atom. The van der Waals surface area contributed by atoms with Crippen LogP contribution in [0.2, 0.25) is 0 Å². The van der Waals surface area contributed by atoms with Crippen molar-refractivity contribution in [2.45, 2.75) is 0 Å². The summed E-state index contributed by atoms with van der Waals surface area (Å²) >= 11 is 1.46. The van der Waals surface area contributed by atoms with Gasteiger partial charge in [0.25, 0.3) is 5.91 Å². The fourth-order valence-electron chi connectivity index (χ4n) is 0.855. The van der Waals surface area contributed by atoms with E-state index in [0.29, 0.717) is 0 Å². The number of hydrogen-bond donors (Lipinski definition) is 1. The molecule has 1 amide bonds. The zero-order valence-corrected chi connectivity index (χ0v) is 7.38. The third kappa shape index (κ3) is 1.75. The van der Waals surface area contributed by atoms with E-state index in [1.165, 1.54) is 23.7 Å². The van der Waals surface area contributed by atoms with Gasteiger partial charge in [0.15, 0.2) is 5.69 Å². The van der Waals surface area contributed by atoms with E-state index in [1.54, 1.807) is 0 Å². The Bertz CT molecular complexity index is 380. The number of hydrogen-bond acceptors (Lipinski definition) is 4. The predicted octanol–water partition coefficient (Wildman–Crippen LogP) is 1.99. The van der Waals surface area contributed by atoms with Crippen LogP contribution in [0, 0.1) is 0 Å². The third-order valence-electron chi connectivity index (χ3n) is 1.43. The molecule has 1 N–H and O–H groups in total. The number of carbonyl (C=O) groups excluding carboxylic acids is 1. The fourth-order valence-corrected chi connectivity index (χ4v) is 1.47. The van der Waals surface area contributed by atoms with E-state index in [0.717, 1.165) is 5.00 Å². The highest BCUT2D eigenvalue weighted by Crippen LogP contribution is 2.15. The van der Waals surface area contributed by atoms with Crippen LogP contribution >= 0.6 is 11.3 Å². The smallest absolute Gasteiger partial charge is 0.278 e. The van der Waals surface area contributed by atoms with E-state index in [2.05, 4.69) is 15.0 Å². The van der Waals surface area contributed by atoms with Gasteiger partial charge in [-0.1, -0.05) is 5.16 Å². The molecule has 13 heavy (non-hydrogen) atoms. The summed E-state index contributed by atoms with van der Waals surface area (Å²) < 4.78 is 4.55. The van der Waals surface area contributed by atoms with Gasteiger partial charge in [-0.3, -0.25) is 4.79 Å². The maximum absolute atomic E-state index is 11.3. The van der Waals surface area contributed by atoms with Gasteiger partial charge in [0.05, 0.1) is 5.00 Å². The summed E-state index contributed by atoms with van der Waals surface area (Å²) in [6.07, 6.45) is 1.36. The van der Waals surface area contributed by atoms with E-state index in [1.807, 2.05) is 17.5 Å². The van der Waals surface area contributed by atoms with Crippen LogP contribution in [-0.4, -0.2) is 11.1 Å². The van der Waals surface area contributed by atoms with Gasteiger partial charge < -0.3 is 9.84 Å². The summed E-state index contributed by atoms with van der Waals surface area (Å²) in [5.41, 5.74) is 0.286. The first-order chi connectivity index (χ1) is 6.36. The van der Waals surface area contributed by atoms with Gasteiger partial charge in [0.2, 0.25) is 0 Å². The monoisotopic (exact) mass is 194 g/mol. The lowest BCUT2D eigenvalue weighted by Crippen LogP contribution is -2.10. The van der Waals surface area contributed by atoms with Gasteiger partial charge >= 0.3 is 0 Å². The first-order valence-corrected chi connectivity index (χ1v) is 4.49. The van der Waals surface area contributed by atoms with Crippen LogP contribution in [0.1, 0.15) is 10.5 Å². The standard InChI is InChI=1S/C8H6N2O2S/c11-8(6-3-4-12-10-6)9-7-2-1-5-13-7/h1-5H,(H,9,11). The minimum atomic E-state index is -0.254. The van der Waals surface area contributed by atoms with Crippen LogP contribution in [0.15, 0.2) is 34.4 Å². The van der Waals surface area contributed by atoms with Crippen LogP contribution in [0.25, 0.3) is 0 Å². The highest BCUT2D eigenvalue weighted by atomic mass is 32.1. The minimum absolute atomic E-state index is 0.254. The van der Waals surface area contributed by atoms with E-state index in [-0.39, 0.29) is 11.6 Å². The molecule has 0 aromatic carbocycles. The molecule has 2 aromatic rings. The van der Waals surface area contributed by atoms with Crippen molar-refractivity contribution in [1.82, 2.24) is 5.16 Å². The number of aromatic nitrogens is 1. The summed E-state index contributed by atoms with van der Waals surface area (Å²) in [5.74, 6) is -0.254. The molecule has 0 aliphatic rings. The summed E-state index contributed by atoms with van der Waals surface area (Å²) in [5, 5.41) is 8.88. The molecule has 2 rings (SSSR count). The molecule has 0 saturated heterocycles. The van der Waals surface area contributed by atoms with E-state index >= 15 is 0 Å². The summed E-state index contributed by atoms with van der Waals surface area (Å²) in [6, 6.07) is 5.20. The molecular formula is C8H6N2O2S. The van der Waals surface area contributed by atoms with Crippen molar-refractivity contribution in [2.75, 3.05) is 5.32 Å². The first-order valence-electron chi connectivity index (χ1n) is 3.61. The molecule has 0 radical (unpaired) electrons. The average Bonchev–Trinajstić information content (AvgIpc) is 2.74. The number of thiophene rings is 1. The van der Waals surface area contributed by atoms with Gasteiger partial charge in [0, 0.05) is 6.07 Å². The number of anilines is 1. The van der Waals surface area contributed by atoms with Gasteiger partial charge in [-0.2, -0.15) is 0 Å². The molecule has 4 nitrogen and oxygen atoms in total. The Balaban J connectivity index is 2.08. The van der Waals surface area contributed by atoms with Crippen LogP contribution in [-0.2, 0) is 0 Å². The largest absolute Gasteiger partial charge is 0.364 e. The highest BCUT2D eigenvalue weighted by molar-refractivity contribution is 7.14. The number of rotatable bonds is 2. The number of nitrogens with zero attached hydrogens (tertiary/aromatic N) is 1. The minimum Gasteiger partial charge on any atom is -0.364 e. The second-order valence-electron chi connectivity index (χ2n) is 2.32. The molecule has 0 atom stereocenters. The number of carbonyl (C=O) groups is 1. The highest BCUT2D eigenvalue weighted by Gasteiger charge is 2.08. The van der Waals surface area contributed by atoms with Crippen molar-refractivity contribution in [3.63, 3.8) is 0 Å². The molecule has 2 aromatic heterocycles. The maximum atomic E-state index is 11.3. The second kappa shape index (κ2) is 3.40. The number of amides is 1. The van der Waals surface area contributed by atoms with Gasteiger partial charge in [-0.15, -0.1) is 11.3 Å². The van der Waals surface area contributed by atoms with Crippen molar-refractivity contribution in [2.24, 2.45) is 0 Å². The van der Waals surface area contributed by atoms with Crippen molar-refractivity contribution in [3.8, 4) is 0 Å². The summed E-state index contributed by atoms with van der Waals surface area (Å²) in [6.45, 7) is 0. The molecule has 2 heterocycles. The van der Waals surface area contributed by atoms with Crippen LogP contribution in [0.3, 0.4) is 0 Å². The third-order valence-corrected chi connectivity index (χ3v) is 2.21. The molecule has 0 bridgehead atoms. The van der Waals surface area contributed by atoms with Crippen molar-refractivity contribution < 1.29 is 9.32 Å². The quantitative estimate of drug-likeness (QED) is 0.795. The zero-order chi connectivity index (χ0) is 9.10. The van der Waals surface area contributed by atoms with E-state index in [4.69, 9.17) is 0 Å². The normalized spacial score (nSPS) is 9.85. The van der Waals surface area contributed by atoms with Gasteiger partial charge in [-0.05, 0) is 17.5 Å². The second-order valence-corrected chi connectivity index (χ2v) is 3.26. The number of nitrogens with one attached hydrogen (secondary N) is 1. The molecule has 0 saturated carbocycles.